The van der Waals surface area contributed by atoms with Crippen molar-refractivity contribution >= 4 is 21.5 Å². The van der Waals surface area contributed by atoms with Crippen LogP contribution < -0.4 is 0 Å². The van der Waals surface area contributed by atoms with E-state index < -0.39 is 21.5 Å². The van der Waals surface area contributed by atoms with E-state index in [9.17, 15) is 19.8 Å². The molecule has 0 aliphatic heterocycles. The van der Waals surface area contributed by atoms with Gasteiger partial charge in [0, 0.05) is 0 Å². The van der Waals surface area contributed by atoms with Gasteiger partial charge in [-0.25, -0.2) is 0 Å². The van der Waals surface area contributed by atoms with Crippen LogP contribution >= 0.6 is 9.59 Å². The van der Waals surface area contributed by atoms with E-state index in [0.717, 1.165) is 0 Å². The third-order valence-corrected chi connectivity index (χ3v) is 55.4. The summed E-state index contributed by atoms with van der Waals surface area (Å²) in [5.41, 5.74) is 1.57. The van der Waals surface area contributed by atoms with Crippen molar-refractivity contribution < 1.29 is 36.8 Å². The van der Waals surface area contributed by atoms with E-state index in [1.165, 1.54) is 0 Å². The van der Waals surface area contributed by atoms with Crippen LogP contribution in [-0.4, -0.2) is 68.4 Å². The normalized spacial score (nSPS) is 16.6. The molecule has 0 spiro atoms. The minimum atomic E-state index is -2.87. The first-order chi connectivity index (χ1) is 12.9. The summed E-state index contributed by atoms with van der Waals surface area (Å²) < 4.78 is 0. The van der Waals surface area contributed by atoms with Crippen molar-refractivity contribution in [3.05, 3.63) is 0 Å². The van der Waals surface area contributed by atoms with E-state index >= 15 is 0 Å². The fourth-order valence-corrected chi connectivity index (χ4v) is 62.7. The molecule has 0 bridgehead atoms. The molecule has 0 amide bonds. The zero-order valence-corrected chi connectivity index (χ0v) is 24.1. The Bertz CT molecular complexity index is 511. The maximum atomic E-state index is 12.4. The summed E-state index contributed by atoms with van der Waals surface area (Å²) in [7, 11) is 0. The van der Waals surface area contributed by atoms with Gasteiger partial charge in [-0.15, -0.1) is 0 Å². The van der Waals surface area contributed by atoms with E-state index in [2.05, 4.69) is 83.1 Å². The van der Waals surface area contributed by atoms with Crippen LogP contribution in [0.4, 0.5) is 0 Å². The SMILES string of the molecule is CC(C)[P](CC(=O)O)([Pd][P](CC(=O)O)(C(C)C)(C(C)C)C(C)C)(C(C)C)C(C)C. The molecule has 0 aliphatic carbocycles. The number of carbonyl (C=O) groups is 2. The Balaban J connectivity index is 7.72. The fraction of sp³-hybridized carbons (Fsp3) is 0.909. The second kappa shape index (κ2) is 9.53. The minimum absolute atomic E-state index is 0.158. The van der Waals surface area contributed by atoms with Gasteiger partial charge in [-0.3, -0.25) is 0 Å². The van der Waals surface area contributed by atoms with Crippen molar-refractivity contribution in [2.45, 2.75) is 117 Å². The zero-order valence-electron chi connectivity index (χ0n) is 20.8. The maximum absolute atomic E-state index is 12.4. The predicted octanol–water partition coefficient (Wildman–Crippen LogP) is 6.63. The third-order valence-electron chi connectivity index (χ3n) is 7.98. The molecule has 0 radical (unpaired) electrons. The van der Waals surface area contributed by atoms with Gasteiger partial charge in [0.2, 0.25) is 0 Å². The van der Waals surface area contributed by atoms with Gasteiger partial charge < -0.3 is 0 Å². The van der Waals surface area contributed by atoms with Crippen molar-refractivity contribution in [1.82, 2.24) is 0 Å². The topological polar surface area (TPSA) is 74.6 Å². The molecule has 0 aromatic carbocycles. The van der Waals surface area contributed by atoms with E-state index in [4.69, 9.17) is 0 Å². The van der Waals surface area contributed by atoms with Crippen molar-refractivity contribution in [2.75, 3.05) is 12.3 Å². The molecule has 2 N–H and O–H groups in total. The first kappa shape index (κ1) is 29.5. The number of rotatable bonds is 12. The molecule has 29 heavy (non-hydrogen) atoms. The quantitative estimate of drug-likeness (QED) is 0.214. The van der Waals surface area contributed by atoms with Gasteiger partial charge in [-0.1, -0.05) is 0 Å². The molecule has 0 aromatic rings. The van der Waals surface area contributed by atoms with E-state index in [1.807, 2.05) is 0 Å². The molecule has 0 atom stereocenters. The second-order valence-corrected chi connectivity index (χ2v) is 36.1. The van der Waals surface area contributed by atoms with Gasteiger partial charge >= 0.3 is 188 Å². The van der Waals surface area contributed by atoms with Crippen molar-refractivity contribution in [3.63, 3.8) is 0 Å². The zero-order chi connectivity index (χ0) is 23.6. The Kier molecular flexibility index (Phi) is 9.68. The molecular formula is C22H48O4P2Pd. The van der Waals surface area contributed by atoms with Crippen molar-refractivity contribution in [2.24, 2.45) is 0 Å². The molecule has 0 rings (SSSR count). The Morgan fingerprint density at radius 3 is 0.828 bits per heavy atom. The van der Waals surface area contributed by atoms with Crippen molar-refractivity contribution in [3.8, 4) is 0 Å². The molecule has 180 valence electrons. The number of carboxylic acid groups (broad SMARTS) is 2. The molecule has 0 heterocycles. The summed E-state index contributed by atoms with van der Waals surface area (Å²) in [6.07, 6.45) is 0.466. The Morgan fingerprint density at radius 1 is 0.552 bits per heavy atom. The summed E-state index contributed by atoms with van der Waals surface area (Å²) in [6, 6.07) is 0. The van der Waals surface area contributed by atoms with Gasteiger partial charge in [0.15, 0.2) is 0 Å². The molecule has 0 aliphatic rings. The summed E-state index contributed by atoms with van der Waals surface area (Å²) in [5.74, 6) is -1.42. The second-order valence-electron chi connectivity index (χ2n) is 10.4. The molecule has 0 unspecified atom stereocenters. The average Bonchev–Trinajstić information content (AvgIpc) is 2.50. The van der Waals surface area contributed by atoms with E-state index in [1.54, 1.807) is 0 Å². The summed E-state index contributed by atoms with van der Waals surface area (Å²) in [4.78, 5) is 19.0. The fourth-order valence-electron chi connectivity index (χ4n) is 6.09. The molecule has 4 nitrogen and oxygen atoms in total. The molecule has 0 aromatic heterocycles. The monoisotopic (exact) mass is 544 g/mol. The van der Waals surface area contributed by atoms with Crippen LogP contribution in [0.15, 0.2) is 0 Å². The Labute approximate surface area is 187 Å². The Morgan fingerprint density at radius 2 is 0.724 bits per heavy atom. The van der Waals surface area contributed by atoms with E-state index in [-0.39, 0.29) is 63.3 Å². The first-order valence-corrected chi connectivity index (χ1v) is 20.1. The molecule has 0 fully saturated rings. The van der Waals surface area contributed by atoms with Crippen LogP contribution in [-0.2, 0) is 26.6 Å². The first-order valence-electron chi connectivity index (χ1n) is 11.0. The van der Waals surface area contributed by atoms with Crippen LogP contribution in [0.2, 0.25) is 0 Å². The van der Waals surface area contributed by atoms with Crippen molar-refractivity contribution in [1.29, 1.82) is 0 Å². The van der Waals surface area contributed by atoms with Gasteiger partial charge in [-0.2, -0.15) is 0 Å². The van der Waals surface area contributed by atoms with Gasteiger partial charge in [0.25, 0.3) is 0 Å². The predicted molar refractivity (Wildman–Crippen MR) is 130 cm³/mol. The third kappa shape index (κ3) is 4.25. The summed E-state index contributed by atoms with van der Waals surface area (Å²) in [6.45, 7) is 26.7. The molecule has 7 heteroatoms. The van der Waals surface area contributed by atoms with Gasteiger partial charge in [0.1, 0.15) is 0 Å². The van der Waals surface area contributed by atoms with Gasteiger partial charge in [0.05, 0.1) is 0 Å². The van der Waals surface area contributed by atoms with Crippen LogP contribution in [0.5, 0.6) is 0 Å². The van der Waals surface area contributed by atoms with Crippen LogP contribution in [0.25, 0.3) is 0 Å². The van der Waals surface area contributed by atoms with Crippen LogP contribution in [0.3, 0.4) is 0 Å². The van der Waals surface area contributed by atoms with Crippen LogP contribution in [0, 0.1) is 0 Å². The summed E-state index contributed by atoms with van der Waals surface area (Å²) >= 11 is 0.158. The number of carboxylic acids is 2. The molecule has 0 saturated carbocycles. The number of hydrogen-bond acceptors (Lipinski definition) is 2. The summed E-state index contributed by atoms with van der Waals surface area (Å²) in [5, 5.41) is 20.4. The number of hydrogen-bond donors (Lipinski definition) is 2. The molecular weight excluding hydrogens is 497 g/mol. The number of aliphatic carboxylic acids is 2. The Hall–Kier alpha value is 0.462. The van der Waals surface area contributed by atoms with Crippen LogP contribution in [0.1, 0.15) is 83.1 Å². The molecule has 0 saturated heterocycles. The average molecular weight is 545 g/mol. The van der Waals surface area contributed by atoms with Gasteiger partial charge in [-0.05, 0) is 0 Å². The standard InChI is InChI=1S/2C11H23O2P.Pd/c2*1-8(2)14(9(3)4,10(5)6)7-11(12)13;/h2*8-10H,7H2,1-6H3;/q;;-2/p+2. The van der Waals surface area contributed by atoms with E-state index in [0.29, 0.717) is 0 Å².